The van der Waals surface area contributed by atoms with Gasteiger partial charge in [0.05, 0.1) is 35.0 Å². The first kappa shape index (κ1) is 25.7. The van der Waals surface area contributed by atoms with Gasteiger partial charge in [-0.25, -0.2) is 4.99 Å². The molecule has 30 heavy (non-hydrogen) atoms. The molecule has 0 bridgehead atoms. The van der Waals surface area contributed by atoms with Crippen molar-refractivity contribution in [2.75, 3.05) is 35.0 Å². The lowest BCUT2D eigenvalue weighted by Crippen LogP contribution is -2.36. The van der Waals surface area contributed by atoms with Gasteiger partial charge in [-0.15, -0.1) is 24.0 Å². The van der Waals surface area contributed by atoms with E-state index in [4.69, 9.17) is 18.9 Å². The number of nitrogens with zero attached hydrogens (tertiary/aromatic N) is 1. The van der Waals surface area contributed by atoms with Crippen molar-refractivity contribution in [1.82, 2.24) is 10.6 Å². The lowest BCUT2D eigenvalue weighted by Gasteiger charge is -2.16. The number of methoxy groups -OCH3 is 4. The average molecular weight is 529 g/mol. The van der Waals surface area contributed by atoms with Crippen molar-refractivity contribution in [1.29, 1.82) is 0 Å². The smallest absolute Gasteiger partial charge is 0.203 e. The van der Waals surface area contributed by atoms with E-state index in [1.54, 1.807) is 28.4 Å². The number of nitrogens with one attached hydrogen (secondary N) is 2. The van der Waals surface area contributed by atoms with Crippen LogP contribution in [-0.2, 0) is 13.1 Å². The molecular weight excluding hydrogens is 497 g/mol. The van der Waals surface area contributed by atoms with Crippen LogP contribution >= 0.6 is 24.0 Å². The van der Waals surface area contributed by atoms with Crippen LogP contribution in [0.3, 0.4) is 0 Å². The summed E-state index contributed by atoms with van der Waals surface area (Å²) < 4.78 is 21.8. The van der Waals surface area contributed by atoms with Gasteiger partial charge >= 0.3 is 0 Å². The van der Waals surface area contributed by atoms with Crippen LogP contribution < -0.4 is 29.6 Å². The third kappa shape index (κ3) is 6.58. The summed E-state index contributed by atoms with van der Waals surface area (Å²) in [6, 6.07) is 9.93. The standard InChI is InChI=1S/C22H31N3O4.HI/c1-7-23-22(24-13-16-9-8-15(2)12-19(16)27-4)25-14-17-10-11-18(26-3)21(29-6)20(17)28-5;/h8-12H,7,13-14H2,1-6H3,(H2,23,24,25);1H. The number of guanidine groups is 1. The summed E-state index contributed by atoms with van der Waals surface area (Å²) in [7, 11) is 6.48. The first-order valence-corrected chi connectivity index (χ1v) is 9.51. The molecule has 0 radical (unpaired) electrons. The summed E-state index contributed by atoms with van der Waals surface area (Å²) in [6.07, 6.45) is 0. The Morgan fingerprint density at radius 2 is 1.50 bits per heavy atom. The van der Waals surface area contributed by atoms with E-state index in [0.29, 0.717) is 36.3 Å². The zero-order valence-electron chi connectivity index (χ0n) is 18.5. The second kappa shape index (κ2) is 13.0. The van der Waals surface area contributed by atoms with Crippen molar-refractivity contribution in [3.05, 3.63) is 47.0 Å². The number of aliphatic imine (C=N–C) groups is 1. The third-order valence-corrected chi connectivity index (χ3v) is 4.43. The quantitative estimate of drug-likeness (QED) is 0.292. The Morgan fingerprint density at radius 1 is 0.833 bits per heavy atom. The molecule has 8 heteroatoms. The maximum Gasteiger partial charge on any atom is 0.203 e. The highest BCUT2D eigenvalue weighted by molar-refractivity contribution is 14.0. The molecule has 166 valence electrons. The molecular formula is C22H32IN3O4. The van der Waals surface area contributed by atoms with Gasteiger partial charge in [0.25, 0.3) is 0 Å². The van der Waals surface area contributed by atoms with Gasteiger partial charge in [-0.1, -0.05) is 12.1 Å². The molecule has 0 fully saturated rings. The zero-order chi connectivity index (χ0) is 21.2. The molecule has 0 aromatic heterocycles. The van der Waals surface area contributed by atoms with Crippen LogP contribution in [0.1, 0.15) is 23.6 Å². The van der Waals surface area contributed by atoms with Gasteiger partial charge in [0.15, 0.2) is 17.5 Å². The highest BCUT2D eigenvalue weighted by Crippen LogP contribution is 2.39. The Morgan fingerprint density at radius 3 is 2.10 bits per heavy atom. The molecule has 2 aromatic carbocycles. The number of halogens is 1. The number of rotatable bonds is 9. The lowest BCUT2D eigenvalue weighted by atomic mass is 10.1. The molecule has 0 aliphatic carbocycles. The molecule has 2 rings (SSSR count). The van der Waals surface area contributed by atoms with E-state index in [1.165, 1.54) is 0 Å². The minimum atomic E-state index is 0. The summed E-state index contributed by atoms with van der Waals surface area (Å²) in [5, 5.41) is 6.61. The summed E-state index contributed by atoms with van der Waals surface area (Å²) in [5.41, 5.74) is 3.12. The van der Waals surface area contributed by atoms with Gasteiger partial charge in [-0.2, -0.15) is 0 Å². The highest BCUT2D eigenvalue weighted by Gasteiger charge is 2.15. The Kier molecular flexibility index (Phi) is 11.2. The van der Waals surface area contributed by atoms with Crippen LogP contribution in [0.25, 0.3) is 0 Å². The Bertz CT molecular complexity index is 843. The summed E-state index contributed by atoms with van der Waals surface area (Å²) in [4.78, 5) is 4.69. The van der Waals surface area contributed by atoms with Gasteiger partial charge in [-0.3, -0.25) is 0 Å². The minimum absolute atomic E-state index is 0. The molecule has 0 amide bonds. The van der Waals surface area contributed by atoms with Crippen LogP contribution in [0.15, 0.2) is 35.3 Å². The molecule has 7 nitrogen and oxygen atoms in total. The molecule has 0 aliphatic heterocycles. The number of ether oxygens (including phenoxy) is 4. The van der Waals surface area contributed by atoms with E-state index in [9.17, 15) is 0 Å². The van der Waals surface area contributed by atoms with E-state index in [0.717, 1.165) is 29.0 Å². The van der Waals surface area contributed by atoms with E-state index in [1.807, 2.05) is 32.0 Å². The highest BCUT2D eigenvalue weighted by atomic mass is 127. The fraction of sp³-hybridized carbons (Fsp3) is 0.409. The molecule has 0 aliphatic rings. The number of hydrogen-bond acceptors (Lipinski definition) is 5. The summed E-state index contributed by atoms with van der Waals surface area (Å²) in [6.45, 7) is 5.84. The molecule has 0 atom stereocenters. The average Bonchev–Trinajstić information content (AvgIpc) is 2.75. The first-order chi connectivity index (χ1) is 14.1. The van der Waals surface area contributed by atoms with Crippen LogP contribution in [0.4, 0.5) is 0 Å². The Balaban J connectivity index is 0.00000450. The number of benzene rings is 2. The van der Waals surface area contributed by atoms with Crippen molar-refractivity contribution >= 4 is 29.9 Å². The molecule has 2 aromatic rings. The molecule has 2 N–H and O–H groups in total. The predicted octanol–water partition coefficient (Wildman–Crippen LogP) is 3.90. The largest absolute Gasteiger partial charge is 0.496 e. The SMILES string of the molecule is CCNC(=NCc1ccc(OC)c(OC)c1OC)NCc1ccc(C)cc1OC.I. The van der Waals surface area contributed by atoms with Crippen LogP contribution in [0.5, 0.6) is 23.0 Å². The monoisotopic (exact) mass is 529 g/mol. The van der Waals surface area contributed by atoms with E-state index >= 15 is 0 Å². The van der Waals surface area contributed by atoms with Gasteiger partial charge in [-0.05, 0) is 37.6 Å². The molecule has 0 unspecified atom stereocenters. The maximum atomic E-state index is 5.54. The van der Waals surface area contributed by atoms with Gasteiger partial charge in [0.1, 0.15) is 5.75 Å². The van der Waals surface area contributed by atoms with Gasteiger partial charge in [0, 0.05) is 24.2 Å². The van der Waals surface area contributed by atoms with Gasteiger partial charge < -0.3 is 29.6 Å². The predicted molar refractivity (Wildman–Crippen MR) is 131 cm³/mol. The van der Waals surface area contributed by atoms with Crippen molar-refractivity contribution in [3.8, 4) is 23.0 Å². The number of hydrogen-bond donors (Lipinski definition) is 2. The Hall–Kier alpha value is -2.36. The molecule has 0 saturated carbocycles. The van der Waals surface area contributed by atoms with Crippen LogP contribution in [0.2, 0.25) is 0 Å². The normalized spacial score (nSPS) is 10.7. The van der Waals surface area contributed by atoms with E-state index in [2.05, 4.69) is 27.8 Å². The maximum absolute atomic E-state index is 5.54. The lowest BCUT2D eigenvalue weighted by molar-refractivity contribution is 0.322. The zero-order valence-corrected chi connectivity index (χ0v) is 20.8. The third-order valence-electron chi connectivity index (χ3n) is 4.43. The second-order valence-electron chi connectivity index (χ2n) is 6.36. The van der Waals surface area contributed by atoms with Crippen molar-refractivity contribution < 1.29 is 18.9 Å². The minimum Gasteiger partial charge on any atom is -0.496 e. The van der Waals surface area contributed by atoms with Crippen molar-refractivity contribution in [2.24, 2.45) is 4.99 Å². The topological polar surface area (TPSA) is 73.3 Å². The Labute approximate surface area is 196 Å². The number of aryl methyl sites for hydroxylation is 1. The fourth-order valence-electron chi connectivity index (χ4n) is 2.97. The van der Waals surface area contributed by atoms with Crippen LogP contribution in [-0.4, -0.2) is 40.9 Å². The van der Waals surface area contributed by atoms with E-state index in [-0.39, 0.29) is 24.0 Å². The van der Waals surface area contributed by atoms with Crippen molar-refractivity contribution in [2.45, 2.75) is 26.9 Å². The second-order valence-corrected chi connectivity index (χ2v) is 6.36. The first-order valence-electron chi connectivity index (χ1n) is 9.51. The molecule has 0 heterocycles. The fourth-order valence-corrected chi connectivity index (χ4v) is 2.97. The molecule has 0 spiro atoms. The van der Waals surface area contributed by atoms with E-state index < -0.39 is 0 Å². The van der Waals surface area contributed by atoms with Gasteiger partial charge in [0.2, 0.25) is 5.75 Å². The van der Waals surface area contributed by atoms with Crippen molar-refractivity contribution in [3.63, 3.8) is 0 Å². The molecule has 0 saturated heterocycles. The summed E-state index contributed by atoms with van der Waals surface area (Å²) >= 11 is 0. The van der Waals surface area contributed by atoms with Crippen LogP contribution in [0, 0.1) is 6.92 Å². The summed E-state index contributed by atoms with van der Waals surface area (Å²) in [5.74, 6) is 3.35.